The molecule has 1 aromatic heterocycles. The Morgan fingerprint density at radius 1 is 1.61 bits per heavy atom. The first-order chi connectivity index (χ1) is 8.59. The normalized spacial score (nSPS) is 23.8. The highest BCUT2D eigenvalue weighted by atomic mass is 16.1. The molecule has 0 radical (unpaired) electrons. The molecule has 0 aromatic carbocycles. The first-order valence-electron chi connectivity index (χ1n) is 6.76. The highest BCUT2D eigenvalue weighted by molar-refractivity contribution is 5.90. The van der Waals surface area contributed by atoms with Crippen LogP contribution < -0.4 is 5.32 Å². The second-order valence-corrected chi connectivity index (χ2v) is 5.28. The van der Waals surface area contributed by atoms with E-state index in [-0.39, 0.29) is 17.4 Å². The third-order valence-electron chi connectivity index (χ3n) is 3.84. The zero-order valence-electron chi connectivity index (χ0n) is 11.4. The van der Waals surface area contributed by atoms with Crippen LogP contribution in [0.4, 0.5) is 0 Å². The second kappa shape index (κ2) is 5.18. The van der Waals surface area contributed by atoms with Gasteiger partial charge in [-0.25, -0.2) is 9.67 Å². The van der Waals surface area contributed by atoms with Gasteiger partial charge < -0.3 is 5.32 Å². The minimum absolute atomic E-state index is 0.240. The molecule has 1 N–H and O–H groups in total. The van der Waals surface area contributed by atoms with E-state index in [9.17, 15) is 4.79 Å². The van der Waals surface area contributed by atoms with Crippen molar-refractivity contribution >= 4 is 5.78 Å². The molecular weight excluding hydrogens is 228 g/mol. The molecule has 0 saturated carbocycles. The van der Waals surface area contributed by atoms with Crippen LogP contribution in [0.5, 0.6) is 0 Å². The number of rotatable bonds is 5. The quantitative estimate of drug-likeness (QED) is 0.860. The molecular formula is C13H22N4O. The molecule has 18 heavy (non-hydrogen) atoms. The van der Waals surface area contributed by atoms with E-state index in [0.29, 0.717) is 6.42 Å². The fraction of sp³-hybridized carbons (Fsp3) is 0.769. The Balaban J connectivity index is 2.13. The molecule has 2 heterocycles. The Morgan fingerprint density at radius 2 is 2.39 bits per heavy atom. The minimum atomic E-state index is -0.326. The van der Waals surface area contributed by atoms with E-state index in [1.165, 1.54) is 6.33 Å². The Hall–Kier alpha value is -1.23. The first-order valence-corrected chi connectivity index (χ1v) is 6.76. The molecule has 0 amide bonds. The van der Waals surface area contributed by atoms with Crippen LogP contribution in [0, 0.1) is 0 Å². The van der Waals surface area contributed by atoms with Crippen LogP contribution in [-0.2, 0) is 11.2 Å². The van der Waals surface area contributed by atoms with Gasteiger partial charge in [0.15, 0.2) is 5.78 Å². The smallest absolute Gasteiger partial charge is 0.160 e. The highest BCUT2D eigenvalue weighted by Gasteiger charge is 2.39. The Morgan fingerprint density at radius 3 is 2.94 bits per heavy atom. The molecule has 2 rings (SSSR count). The lowest BCUT2D eigenvalue weighted by atomic mass is 9.87. The number of Topliss-reactive ketones (excluding diaryl/α,β-unsaturated/α-hetero) is 1. The van der Waals surface area contributed by atoms with Gasteiger partial charge in [0.05, 0.1) is 12.0 Å². The number of carbonyl (C=O) groups excluding carboxylic acids is 1. The highest BCUT2D eigenvalue weighted by Crippen LogP contribution is 2.25. The first kappa shape index (κ1) is 13.2. The maximum absolute atomic E-state index is 12.5. The monoisotopic (exact) mass is 250 g/mol. The summed E-state index contributed by atoms with van der Waals surface area (Å²) in [6.07, 6.45) is 4.78. The van der Waals surface area contributed by atoms with Gasteiger partial charge in [0.25, 0.3) is 0 Å². The van der Waals surface area contributed by atoms with Crippen molar-refractivity contribution in [3.8, 4) is 0 Å². The molecule has 1 atom stereocenters. The van der Waals surface area contributed by atoms with E-state index < -0.39 is 0 Å². The summed E-state index contributed by atoms with van der Waals surface area (Å²) in [5.41, 5.74) is -0.326. The van der Waals surface area contributed by atoms with Crippen molar-refractivity contribution in [2.75, 3.05) is 6.54 Å². The summed E-state index contributed by atoms with van der Waals surface area (Å²) in [4.78, 5) is 16.7. The standard InChI is InChI=1S/C13H22N4O/c1-4-13(6-5-7-15-13)11(18)8-12-14-9-16-17(12)10(2)3/h9-10,15H,4-8H2,1-3H3. The van der Waals surface area contributed by atoms with E-state index in [1.54, 1.807) is 0 Å². The predicted octanol–water partition coefficient (Wildman–Crippen LogP) is 1.50. The number of aromatic nitrogens is 3. The summed E-state index contributed by atoms with van der Waals surface area (Å²) in [6.45, 7) is 7.11. The van der Waals surface area contributed by atoms with E-state index in [0.717, 1.165) is 31.6 Å². The van der Waals surface area contributed by atoms with Crippen molar-refractivity contribution in [1.82, 2.24) is 20.1 Å². The molecule has 5 heteroatoms. The molecule has 5 nitrogen and oxygen atoms in total. The minimum Gasteiger partial charge on any atom is -0.305 e. The lowest BCUT2D eigenvalue weighted by Crippen LogP contribution is -2.48. The Bertz CT molecular complexity index is 418. The number of carbonyl (C=O) groups is 1. The van der Waals surface area contributed by atoms with Gasteiger partial charge in [-0.05, 0) is 39.7 Å². The molecule has 1 saturated heterocycles. The lowest BCUT2D eigenvalue weighted by molar-refractivity contribution is -0.124. The van der Waals surface area contributed by atoms with Crippen molar-refractivity contribution in [1.29, 1.82) is 0 Å². The van der Waals surface area contributed by atoms with Gasteiger partial charge in [-0.2, -0.15) is 5.10 Å². The number of nitrogens with one attached hydrogen (secondary N) is 1. The van der Waals surface area contributed by atoms with Crippen LogP contribution >= 0.6 is 0 Å². The average molecular weight is 250 g/mol. The zero-order chi connectivity index (χ0) is 13.2. The topological polar surface area (TPSA) is 59.8 Å². The molecule has 1 aliphatic heterocycles. The fourth-order valence-electron chi connectivity index (χ4n) is 2.69. The van der Waals surface area contributed by atoms with Crippen LogP contribution in [0.15, 0.2) is 6.33 Å². The number of hydrogen-bond acceptors (Lipinski definition) is 4. The van der Waals surface area contributed by atoms with E-state index in [1.807, 2.05) is 18.5 Å². The molecule has 1 fully saturated rings. The molecule has 100 valence electrons. The van der Waals surface area contributed by atoms with Gasteiger partial charge in [-0.1, -0.05) is 6.92 Å². The largest absolute Gasteiger partial charge is 0.305 e. The molecule has 1 unspecified atom stereocenters. The van der Waals surface area contributed by atoms with Crippen LogP contribution in [-0.4, -0.2) is 32.6 Å². The summed E-state index contributed by atoms with van der Waals surface area (Å²) < 4.78 is 1.83. The average Bonchev–Trinajstić information content (AvgIpc) is 2.97. The van der Waals surface area contributed by atoms with E-state index in [2.05, 4.69) is 22.3 Å². The summed E-state index contributed by atoms with van der Waals surface area (Å²) in [5.74, 6) is 1.02. The van der Waals surface area contributed by atoms with Crippen LogP contribution in [0.3, 0.4) is 0 Å². The van der Waals surface area contributed by atoms with E-state index >= 15 is 0 Å². The van der Waals surface area contributed by atoms with Crippen molar-refractivity contribution in [2.24, 2.45) is 0 Å². The lowest BCUT2D eigenvalue weighted by Gasteiger charge is -2.26. The molecule has 0 aliphatic carbocycles. The van der Waals surface area contributed by atoms with Gasteiger partial charge in [0, 0.05) is 6.04 Å². The number of hydrogen-bond donors (Lipinski definition) is 1. The van der Waals surface area contributed by atoms with Crippen molar-refractivity contribution in [3.63, 3.8) is 0 Å². The zero-order valence-corrected chi connectivity index (χ0v) is 11.4. The summed E-state index contributed by atoms with van der Waals surface area (Å²) in [7, 11) is 0. The summed E-state index contributed by atoms with van der Waals surface area (Å²) >= 11 is 0. The van der Waals surface area contributed by atoms with Gasteiger partial charge in [0.2, 0.25) is 0 Å². The molecule has 1 aromatic rings. The van der Waals surface area contributed by atoms with Gasteiger partial charge in [-0.15, -0.1) is 0 Å². The maximum Gasteiger partial charge on any atom is 0.160 e. The van der Waals surface area contributed by atoms with E-state index in [4.69, 9.17) is 0 Å². The van der Waals surface area contributed by atoms with Gasteiger partial charge >= 0.3 is 0 Å². The SMILES string of the molecule is CCC1(C(=O)Cc2ncnn2C(C)C)CCCN1. The Labute approximate surface area is 108 Å². The van der Waals surface area contributed by atoms with Crippen LogP contribution in [0.1, 0.15) is 51.9 Å². The third-order valence-corrected chi connectivity index (χ3v) is 3.84. The third kappa shape index (κ3) is 2.32. The summed E-state index contributed by atoms with van der Waals surface area (Å²) in [6, 6.07) is 0.240. The predicted molar refractivity (Wildman–Crippen MR) is 69.4 cm³/mol. The van der Waals surface area contributed by atoms with Crippen LogP contribution in [0.2, 0.25) is 0 Å². The second-order valence-electron chi connectivity index (χ2n) is 5.28. The van der Waals surface area contributed by atoms with Crippen molar-refractivity contribution < 1.29 is 4.79 Å². The molecule has 1 aliphatic rings. The maximum atomic E-state index is 12.5. The molecule has 0 bridgehead atoms. The molecule has 0 spiro atoms. The summed E-state index contributed by atoms with van der Waals surface area (Å²) in [5, 5.41) is 7.55. The number of ketones is 1. The van der Waals surface area contributed by atoms with Crippen molar-refractivity contribution in [3.05, 3.63) is 12.2 Å². The van der Waals surface area contributed by atoms with Crippen molar-refractivity contribution in [2.45, 2.75) is 58.0 Å². The number of nitrogens with zero attached hydrogens (tertiary/aromatic N) is 3. The fourth-order valence-corrected chi connectivity index (χ4v) is 2.69. The van der Waals surface area contributed by atoms with Gasteiger partial charge in [0.1, 0.15) is 12.2 Å². The van der Waals surface area contributed by atoms with Crippen LogP contribution in [0.25, 0.3) is 0 Å². The van der Waals surface area contributed by atoms with Gasteiger partial charge in [-0.3, -0.25) is 4.79 Å². The Kier molecular flexibility index (Phi) is 3.80.